The van der Waals surface area contributed by atoms with Crippen LogP contribution in [0.3, 0.4) is 0 Å². The van der Waals surface area contributed by atoms with E-state index in [0.29, 0.717) is 11.3 Å². The van der Waals surface area contributed by atoms with Gasteiger partial charge in [-0.15, -0.1) is 0 Å². The van der Waals surface area contributed by atoms with Crippen molar-refractivity contribution in [1.82, 2.24) is 4.90 Å². The number of carbonyl (C=O) groups is 1. The molecule has 0 aliphatic heterocycles. The van der Waals surface area contributed by atoms with Gasteiger partial charge in [0.15, 0.2) is 5.76 Å². The molecule has 23 heavy (non-hydrogen) atoms. The number of phenolic OH excluding ortho intramolecular Hbond substituents is 1. The number of phenols is 1. The molecule has 4 nitrogen and oxygen atoms in total. The number of benzene rings is 2. The van der Waals surface area contributed by atoms with Gasteiger partial charge in [-0.3, -0.25) is 4.79 Å². The first-order valence-corrected chi connectivity index (χ1v) is 7.57. The average molecular weight is 309 g/mol. The standard InChI is InChI=1S/C19H19NO3/c1-4-12-9-14-11-17(19(22)20(2)3)23-18(14)16(10-12)13-5-7-15(21)8-6-13/h5-11,21H,4H2,1-3H3. The highest BCUT2D eigenvalue weighted by Crippen LogP contribution is 2.33. The first-order chi connectivity index (χ1) is 11.0. The third-order valence-corrected chi connectivity index (χ3v) is 3.88. The first-order valence-electron chi connectivity index (χ1n) is 7.57. The van der Waals surface area contributed by atoms with Crippen LogP contribution in [0.25, 0.3) is 22.1 Å². The maximum absolute atomic E-state index is 12.2. The Labute approximate surface area is 135 Å². The minimum atomic E-state index is -0.157. The fraction of sp³-hybridized carbons (Fsp3) is 0.211. The van der Waals surface area contributed by atoms with Crippen LogP contribution in [0.2, 0.25) is 0 Å². The van der Waals surface area contributed by atoms with Crippen molar-refractivity contribution in [1.29, 1.82) is 0 Å². The molecular formula is C19H19NO3. The lowest BCUT2D eigenvalue weighted by Crippen LogP contribution is -2.20. The largest absolute Gasteiger partial charge is 0.508 e. The van der Waals surface area contributed by atoms with Gasteiger partial charge in [-0.05, 0) is 47.9 Å². The van der Waals surface area contributed by atoms with Gasteiger partial charge in [-0.2, -0.15) is 0 Å². The van der Waals surface area contributed by atoms with Gasteiger partial charge in [-0.1, -0.05) is 19.1 Å². The Hall–Kier alpha value is -2.75. The lowest BCUT2D eigenvalue weighted by molar-refractivity contribution is 0.0799. The van der Waals surface area contributed by atoms with E-state index in [0.717, 1.165) is 22.9 Å². The number of aromatic hydroxyl groups is 1. The fourth-order valence-corrected chi connectivity index (χ4v) is 2.60. The van der Waals surface area contributed by atoms with Crippen molar-refractivity contribution in [2.75, 3.05) is 14.1 Å². The predicted octanol–water partition coefficient (Wildman–Crippen LogP) is 4.07. The van der Waals surface area contributed by atoms with E-state index in [1.807, 2.05) is 12.1 Å². The summed E-state index contributed by atoms with van der Waals surface area (Å²) in [7, 11) is 3.40. The summed E-state index contributed by atoms with van der Waals surface area (Å²) >= 11 is 0. The fourth-order valence-electron chi connectivity index (χ4n) is 2.60. The molecule has 0 aliphatic rings. The van der Waals surface area contributed by atoms with Gasteiger partial charge in [0.1, 0.15) is 11.3 Å². The van der Waals surface area contributed by atoms with E-state index in [2.05, 4.69) is 19.1 Å². The van der Waals surface area contributed by atoms with Crippen molar-refractivity contribution in [3.63, 3.8) is 0 Å². The maximum atomic E-state index is 12.2. The molecule has 0 saturated carbocycles. The molecule has 1 N–H and O–H groups in total. The highest BCUT2D eigenvalue weighted by atomic mass is 16.3. The van der Waals surface area contributed by atoms with Gasteiger partial charge in [0.25, 0.3) is 5.91 Å². The number of carbonyl (C=O) groups excluding carboxylic acids is 1. The molecule has 1 heterocycles. The normalized spacial score (nSPS) is 10.9. The van der Waals surface area contributed by atoms with Crippen LogP contribution in [0.4, 0.5) is 0 Å². The summed E-state index contributed by atoms with van der Waals surface area (Å²) in [6, 6.07) is 12.9. The predicted molar refractivity (Wildman–Crippen MR) is 90.7 cm³/mol. The molecule has 0 unspecified atom stereocenters. The molecule has 2 aromatic carbocycles. The quantitative estimate of drug-likeness (QED) is 0.793. The molecule has 0 atom stereocenters. The summed E-state index contributed by atoms with van der Waals surface area (Å²) < 4.78 is 5.85. The molecule has 118 valence electrons. The lowest BCUT2D eigenvalue weighted by Gasteiger charge is -2.07. The maximum Gasteiger partial charge on any atom is 0.289 e. The molecule has 0 aliphatic carbocycles. The van der Waals surface area contributed by atoms with E-state index in [9.17, 15) is 9.90 Å². The summed E-state index contributed by atoms with van der Waals surface area (Å²) in [5, 5.41) is 10.4. The summed E-state index contributed by atoms with van der Waals surface area (Å²) in [6.45, 7) is 2.09. The summed E-state index contributed by atoms with van der Waals surface area (Å²) in [6.07, 6.45) is 0.892. The van der Waals surface area contributed by atoms with Crippen LogP contribution in [0, 0.1) is 0 Å². The number of amides is 1. The van der Waals surface area contributed by atoms with Crippen LogP contribution in [0.15, 0.2) is 46.9 Å². The average Bonchev–Trinajstić information content (AvgIpc) is 2.97. The van der Waals surface area contributed by atoms with Crippen molar-refractivity contribution in [3.05, 3.63) is 53.8 Å². The molecule has 0 fully saturated rings. The van der Waals surface area contributed by atoms with Crippen LogP contribution in [-0.4, -0.2) is 30.0 Å². The van der Waals surface area contributed by atoms with Gasteiger partial charge in [-0.25, -0.2) is 0 Å². The molecular weight excluding hydrogens is 290 g/mol. The number of hydrogen-bond acceptors (Lipinski definition) is 3. The van der Waals surface area contributed by atoms with Crippen LogP contribution in [0.5, 0.6) is 5.75 Å². The Balaban J connectivity index is 2.22. The Morgan fingerprint density at radius 2 is 1.83 bits per heavy atom. The Morgan fingerprint density at radius 3 is 2.43 bits per heavy atom. The molecule has 0 radical (unpaired) electrons. The van der Waals surface area contributed by atoms with Crippen LogP contribution in [-0.2, 0) is 6.42 Å². The van der Waals surface area contributed by atoms with E-state index in [1.54, 1.807) is 32.3 Å². The minimum Gasteiger partial charge on any atom is -0.508 e. The van der Waals surface area contributed by atoms with Crippen molar-refractivity contribution < 1.29 is 14.3 Å². The molecule has 1 amide bonds. The zero-order valence-corrected chi connectivity index (χ0v) is 13.5. The van der Waals surface area contributed by atoms with Crippen molar-refractivity contribution in [3.8, 4) is 16.9 Å². The topological polar surface area (TPSA) is 53.7 Å². The van der Waals surface area contributed by atoms with Gasteiger partial charge >= 0.3 is 0 Å². The highest BCUT2D eigenvalue weighted by molar-refractivity contribution is 6.00. The van der Waals surface area contributed by atoms with Crippen LogP contribution in [0.1, 0.15) is 23.0 Å². The Kier molecular flexibility index (Phi) is 3.82. The molecule has 0 saturated heterocycles. The van der Waals surface area contributed by atoms with Gasteiger partial charge < -0.3 is 14.4 Å². The number of aryl methyl sites for hydroxylation is 1. The summed E-state index contributed by atoms with van der Waals surface area (Å²) in [5.41, 5.74) is 3.74. The second-order valence-electron chi connectivity index (χ2n) is 5.77. The molecule has 3 rings (SSSR count). The molecule has 1 aromatic heterocycles. The van der Waals surface area contributed by atoms with Gasteiger partial charge in [0.05, 0.1) is 0 Å². The van der Waals surface area contributed by atoms with E-state index in [-0.39, 0.29) is 11.7 Å². The highest BCUT2D eigenvalue weighted by Gasteiger charge is 2.17. The molecule has 0 bridgehead atoms. The molecule has 0 spiro atoms. The lowest BCUT2D eigenvalue weighted by atomic mass is 9.99. The van der Waals surface area contributed by atoms with Crippen molar-refractivity contribution >= 4 is 16.9 Å². The van der Waals surface area contributed by atoms with E-state index < -0.39 is 0 Å². The number of furan rings is 1. The number of hydrogen-bond donors (Lipinski definition) is 1. The number of nitrogens with zero attached hydrogens (tertiary/aromatic N) is 1. The number of fused-ring (bicyclic) bond motifs is 1. The van der Waals surface area contributed by atoms with Crippen molar-refractivity contribution in [2.24, 2.45) is 0 Å². The molecule has 4 heteroatoms. The van der Waals surface area contributed by atoms with E-state index in [1.165, 1.54) is 10.5 Å². The van der Waals surface area contributed by atoms with Gasteiger partial charge in [0, 0.05) is 25.0 Å². The summed E-state index contributed by atoms with van der Waals surface area (Å²) in [5.74, 6) is 0.397. The third-order valence-electron chi connectivity index (χ3n) is 3.88. The smallest absolute Gasteiger partial charge is 0.289 e. The number of rotatable bonds is 3. The minimum absolute atomic E-state index is 0.157. The zero-order chi connectivity index (χ0) is 16.6. The van der Waals surface area contributed by atoms with E-state index >= 15 is 0 Å². The van der Waals surface area contributed by atoms with Gasteiger partial charge in [0.2, 0.25) is 0 Å². The second-order valence-corrected chi connectivity index (χ2v) is 5.77. The Morgan fingerprint density at radius 1 is 1.13 bits per heavy atom. The summed E-state index contributed by atoms with van der Waals surface area (Å²) in [4.78, 5) is 13.7. The second kappa shape index (κ2) is 5.80. The monoisotopic (exact) mass is 309 g/mol. The van der Waals surface area contributed by atoms with Crippen LogP contribution >= 0.6 is 0 Å². The Bertz CT molecular complexity index is 860. The third kappa shape index (κ3) is 2.80. The van der Waals surface area contributed by atoms with Crippen LogP contribution < -0.4 is 0 Å². The first kappa shape index (κ1) is 15.2. The zero-order valence-electron chi connectivity index (χ0n) is 13.5. The molecule has 3 aromatic rings. The van der Waals surface area contributed by atoms with Crippen molar-refractivity contribution in [2.45, 2.75) is 13.3 Å². The SMILES string of the molecule is CCc1cc(-c2ccc(O)cc2)c2oc(C(=O)N(C)C)cc2c1. The van der Waals surface area contributed by atoms with E-state index in [4.69, 9.17) is 4.42 Å².